The minimum absolute atomic E-state index is 0.211. The molecule has 21 heavy (non-hydrogen) atoms. The highest BCUT2D eigenvalue weighted by Gasteiger charge is 2.50. The maximum absolute atomic E-state index is 3.81. The molecule has 2 fully saturated rings. The number of fused-ring (bicyclic) bond motifs is 2. The molecule has 3 atom stereocenters. The lowest BCUT2D eigenvalue weighted by molar-refractivity contribution is 0.142. The summed E-state index contributed by atoms with van der Waals surface area (Å²) >= 11 is 3.75. The van der Waals surface area contributed by atoms with Crippen LogP contribution in [0.2, 0.25) is 0 Å². The van der Waals surface area contributed by atoms with Crippen LogP contribution in [0, 0.1) is 17.3 Å². The number of hydrogen-bond acceptors (Lipinski definition) is 1. The zero-order valence-corrected chi connectivity index (χ0v) is 15.2. The molecular weight excluding hydrogens is 322 g/mol. The molecule has 116 valence electrons. The summed E-state index contributed by atoms with van der Waals surface area (Å²) < 4.78 is 1.28. The number of rotatable bonds is 4. The SMILES string of the molecule is CC(C)(C)NCC1(Cc2ccccc2Br)CC2CCC1C2. The van der Waals surface area contributed by atoms with Crippen molar-refractivity contribution in [2.24, 2.45) is 17.3 Å². The van der Waals surface area contributed by atoms with E-state index in [0.717, 1.165) is 11.8 Å². The van der Waals surface area contributed by atoms with Gasteiger partial charge < -0.3 is 5.32 Å². The number of halogens is 1. The van der Waals surface area contributed by atoms with Crippen molar-refractivity contribution in [1.82, 2.24) is 5.32 Å². The monoisotopic (exact) mass is 349 g/mol. The molecule has 2 saturated carbocycles. The van der Waals surface area contributed by atoms with Crippen LogP contribution in [-0.4, -0.2) is 12.1 Å². The van der Waals surface area contributed by atoms with Crippen LogP contribution in [0.4, 0.5) is 0 Å². The Kier molecular flexibility index (Phi) is 4.22. The van der Waals surface area contributed by atoms with Crippen LogP contribution in [0.1, 0.15) is 52.0 Å². The fourth-order valence-electron chi connectivity index (χ4n) is 4.52. The largest absolute Gasteiger partial charge is 0.311 e. The lowest BCUT2D eigenvalue weighted by Crippen LogP contribution is -2.47. The van der Waals surface area contributed by atoms with Gasteiger partial charge in [0.25, 0.3) is 0 Å². The van der Waals surface area contributed by atoms with E-state index in [1.807, 2.05) is 0 Å². The highest BCUT2D eigenvalue weighted by atomic mass is 79.9. The molecule has 0 aliphatic heterocycles. The van der Waals surface area contributed by atoms with Crippen molar-refractivity contribution in [3.63, 3.8) is 0 Å². The second-order valence-electron chi connectivity index (χ2n) is 8.31. The van der Waals surface area contributed by atoms with Crippen molar-refractivity contribution in [2.45, 2.75) is 58.4 Å². The lowest BCUT2D eigenvalue weighted by Gasteiger charge is -2.40. The summed E-state index contributed by atoms with van der Waals surface area (Å²) in [5.41, 5.74) is 2.17. The smallest absolute Gasteiger partial charge is 0.0207 e. The molecule has 0 aromatic heterocycles. The molecule has 2 aliphatic carbocycles. The van der Waals surface area contributed by atoms with Crippen molar-refractivity contribution in [2.75, 3.05) is 6.54 Å². The molecule has 1 nitrogen and oxygen atoms in total. The van der Waals surface area contributed by atoms with E-state index in [0.29, 0.717) is 5.41 Å². The van der Waals surface area contributed by atoms with Crippen molar-refractivity contribution in [3.05, 3.63) is 34.3 Å². The Bertz CT molecular complexity index is 505. The van der Waals surface area contributed by atoms with E-state index >= 15 is 0 Å². The van der Waals surface area contributed by atoms with E-state index in [4.69, 9.17) is 0 Å². The molecule has 0 amide bonds. The molecule has 2 bridgehead atoms. The average molecular weight is 350 g/mol. The molecule has 2 aliphatic rings. The first-order valence-electron chi connectivity index (χ1n) is 8.36. The van der Waals surface area contributed by atoms with Crippen LogP contribution in [0.5, 0.6) is 0 Å². The summed E-state index contributed by atoms with van der Waals surface area (Å²) in [6, 6.07) is 8.79. The lowest BCUT2D eigenvalue weighted by atomic mass is 9.69. The van der Waals surface area contributed by atoms with Gasteiger partial charge >= 0.3 is 0 Å². The topological polar surface area (TPSA) is 12.0 Å². The third kappa shape index (κ3) is 3.37. The highest BCUT2D eigenvalue weighted by molar-refractivity contribution is 9.10. The number of hydrogen-bond donors (Lipinski definition) is 1. The van der Waals surface area contributed by atoms with Gasteiger partial charge in [0.15, 0.2) is 0 Å². The van der Waals surface area contributed by atoms with Gasteiger partial charge in [-0.25, -0.2) is 0 Å². The van der Waals surface area contributed by atoms with Gasteiger partial charge in [-0.05, 0) is 75.3 Å². The minimum Gasteiger partial charge on any atom is -0.311 e. The molecule has 0 saturated heterocycles. The molecule has 3 unspecified atom stereocenters. The summed E-state index contributed by atoms with van der Waals surface area (Å²) in [5.74, 6) is 1.91. The van der Waals surface area contributed by atoms with E-state index in [9.17, 15) is 0 Å². The number of benzene rings is 1. The van der Waals surface area contributed by atoms with Crippen LogP contribution in [0.3, 0.4) is 0 Å². The Hall–Kier alpha value is -0.340. The zero-order chi connectivity index (χ0) is 15.1. The standard InChI is InChI=1S/C19H28BrN/c1-18(2,3)21-13-19(11-14-8-9-16(19)10-14)12-15-6-4-5-7-17(15)20/h4-7,14,16,21H,8-13H2,1-3H3. The summed E-state index contributed by atoms with van der Waals surface area (Å²) in [6.45, 7) is 8.02. The van der Waals surface area contributed by atoms with Crippen LogP contribution in [-0.2, 0) is 6.42 Å². The first-order valence-corrected chi connectivity index (χ1v) is 9.16. The van der Waals surface area contributed by atoms with Crippen molar-refractivity contribution in [1.29, 1.82) is 0 Å². The maximum atomic E-state index is 3.81. The fourth-order valence-corrected chi connectivity index (χ4v) is 4.94. The molecule has 0 radical (unpaired) electrons. The van der Waals surface area contributed by atoms with E-state index in [1.54, 1.807) is 0 Å². The molecule has 1 N–H and O–H groups in total. The molecule has 3 rings (SSSR count). The Morgan fingerprint density at radius 3 is 2.57 bits per heavy atom. The molecule has 1 aromatic rings. The molecule has 0 spiro atoms. The predicted molar refractivity (Wildman–Crippen MR) is 93.5 cm³/mol. The Labute approximate surface area is 138 Å². The Balaban J connectivity index is 1.82. The van der Waals surface area contributed by atoms with Crippen LogP contribution in [0.25, 0.3) is 0 Å². The van der Waals surface area contributed by atoms with Gasteiger partial charge in [0, 0.05) is 16.6 Å². The van der Waals surface area contributed by atoms with E-state index in [-0.39, 0.29) is 5.54 Å². The second-order valence-corrected chi connectivity index (χ2v) is 9.17. The highest BCUT2D eigenvalue weighted by Crippen LogP contribution is 2.57. The Morgan fingerprint density at radius 1 is 1.24 bits per heavy atom. The van der Waals surface area contributed by atoms with E-state index in [2.05, 4.69) is 66.3 Å². The summed E-state index contributed by atoms with van der Waals surface area (Å²) in [7, 11) is 0. The summed E-state index contributed by atoms with van der Waals surface area (Å²) in [6.07, 6.45) is 7.02. The normalized spacial score (nSPS) is 31.8. The third-order valence-corrected chi connectivity index (χ3v) is 6.35. The minimum atomic E-state index is 0.211. The van der Waals surface area contributed by atoms with Gasteiger partial charge in [-0.15, -0.1) is 0 Å². The maximum Gasteiger partial charge on any atom is 0.0207 e. The van der Waals surface area contributed by atoms with Gasteiger partial charge in [0.05, 0.1) is 0 Å². The first-order chi connectivity index (χ1) is 9.88. The van der Waals surface area contributed by atoms with Crippen molar-refractivity contribution >= 4 is 15.9 Å². The summed E-state index contributed by atoms with van der Waals surface area (Å²) in [5, 5.41) is 3.81. The van der Waals surface area contributed by atoms with Gasteiger partial charge in [0.2, 0.25) is 0 Å². The van der Waals surface area contributed by atoms with Gasteiger partial charge in [-0.3, -0.25) is 0 Å². The zero-order valence-electron chi connectivity index (χ0n) is 13.6. The van der Waals surface area contributed by atoms with Gasteiger partial charge in [-0.2, -0.15) is 0 Å². The van der Waals surface area contributed by atoms with E-state index < -0.39 is 0 Å². The van der Waals surface area contributed by atoms with Crippen LogP contribution < -0.4 is 5.32 Å². The molecular formula is C19H28BrN. The van der Waals surface area contributed by atoms with Crippen LogP contribution >= 0.6 is 15.9 Å². The van der Waals surface area contributed by atoms with Crippen molar-refractivity contribution < 1.29 is 0 Å². The van der Waals surface area contributed by atoms with Gasteiger partial charge in [-0.1, -0.05) is 40.5 Å². The quantitative estimate of drug-likeness (QED) is 0.788. The summed E-state index contributed by atoms with van der Waals surface area (Å²) in [4.78, 5) is 0. The first kappa shape index (κ1) is 15.6. The number of nitrogens with one attached hydrogen (secondary N) is 1. The van der Waals surface area contributed by atoms with Crippen molar-refractivity contribution in [3.8, 4) is 0 Å². The van der Waals surface area contributed by atoms with Gasteiger partial charge in [0.1, 0.15) is 0 Å². The Morgan fingerprint density at radius 2 is 2.00 bits per heavy atom. The molecule has 2 heteroatoms. The van der Waals surface area contributed by atoms with Crippen LogP contribution in [0.15, 0.2) is 28.7 Å². The second kappa shape index (κ2) is 5.70. The fraction of sp³-hybridized carbons (Fsp3) is 0.684. The average Bonchev–Trinajstić information content (AvgIpc) is 2.99. The molecule has 0 heterocycles. The van der Waals surface area contributed by atoms with E-state index in [1.165, 1.54) is 48.7 Å². The predicted octanol–water partition coefficient (Wildman–Crippen LogP) is 5.19. The third-order valence-electron chi connectivity index (χ3n) is 5.57. The molecule has 1 aromatic carbocycles.